The van der Waals surface area contributed by atoms with E-state index in [1.54, 1.807) is 0 Å². The maximum Gasteiger partial charge on any atom is 0.573 e. The summed E-state index contributed by atoms with van der Waals surface area (Å²) in [6.07, 6.45) is -5.83. The number of rotatable bonds is 11. The van der Waals surface area contributed by atoms with Crippen LogP contribution in [0.25, 0.3) is 10.2 Å². The molecule has 150 valence electrons. The van der Waals surface area contributed by atoms with Crippen LogP contribution in [0.3, 0.4) is 0 Å². The molecular weight excluding hydrogens is 391 g/mol. The summed E-state index contributed by atoms with van der Waals surface area (Å²) in [5, 5.41) is 14.1. The Kier molecular flexibility index (Phi) is 7.88. The first-order chi connectivity index (χ1) is 12.8. The molecule has 0 aliphatic heterocycles. The third-order valence-electron chi connectivity index (χ3n) is 3.01. The number of alkyl halides is 3. The van der Waals surface area contributed by atoms with Crippen molar-refractivity contribution in [2.24, 2.45) is 0 Å². The number of hydrogen-bond donors (Lipinski definition) is 3. The zero-order chi connectivity index (χ0) is 19.7. The lowest BCUT2D eigenvalue weighted by Crippen LogP contribution is -2.25. The molecule has 0 unspecified atom stereocenters. The molecule has 3 N–H and O–H groups in total. The molecule has 1 heterocycles. The predicted octanol–water partition coefficient (Wildman–Crippen LogP) is 2.91. The number of ether oxygens (including phenoxy) is 3. The second kappa shape index (κ2) is 10.1. The van der Waals surface area contributed by atoms with E-state index < -0.39 is 12.5 Å². The first-order valence-corrected chi connectivity index (χ1v) is 8.67. The lowest BCUT2D eigenvalue weighted by Gasteiger charge is -2.07. The maximum atomic E-state index is 12.2. The second-order valence-electron chi connectivity index (χ2n) is 5.08. The minimum Gasteiger partial charge on any atom is -0.465 e. The number of nitrogens with zero attached hydrogens (tertiary/aromatic N) is 1. The zero-order valence-corrected chi connectivity index (χ0v) is 14.9. The van der Waals surface area contributed by atoms with Gasteiger partial charge in [0.05, 0.1) is 36.6 Å². The summed E-state index contributed by atoms with van der Waals surface area (Å²) in [6.45, 7) is 2.02. The number of benzene rings is 1. The number of aromatic nitrogens is 1. The van der Waals surface area contributed by atoms with E-state index in [1.807, 2.05) is 0 Å². The molecule has 0 aliphatic carbocycles. The molecule has 0 saturated carbocycles. The monoisotopic (exact) mass is 409 g/mol. The molecule has 0 atom stereocenters. The molecule has 0 bridgehead atoms. The Morgan fingerprint density at radius 1 is 1.15 bits per heavy atom. The molecule has 12 heteroatoms. The molecule has 2 aromatic rings. The van der Waals surface area contributed by atoms with Gasteiger partial charge in [-0.1, -0.05) is 11.3 Å². The van der Waals surface area contributed by atoms with E-state index in [2.05, 4.69) is 20.4 Å². The topological polar surface area (TPSA) is 102 Å². The molecule has 1 aromatic heterocycles. The molecule has 0 radical (unpaired) electrons. The molecule has 0 saturated heterocycles. The quantitative estimate of drug-likeness (QED) is 0.491. The number of anilines is 1. The molecule has 0 fully saturated rings. The standard InChI is InChI=1S/C15H18F3N3O5S/c16-15(17,18)26-10-1-2-11-12(9-10)27-13(21-11)19-3-5-24-7-8-25-6-4-20-14(22)23/h1-2,9,20H,3-8H2,(H,19,21)(H,22,23). The highest BCUT2D eigenvalue weighted by Gasteiger charge is 2.31. The normalized spacial score (nSPS) is 11.5. The lowest BCUT2D eigenvalue weighted by atomic mass is 10.3. The Labute approximate surface area is 156 Å². The largest absolute Gasteiger partial charge is 0.573 e. The van der Waals surface area contributed by atoms with Gasteiger partial charge in [-0.3, -0.25) is 0 Å². The molecule has 1 aromatic carbocycles. The van der Waals surface area contributed by atoms with Crippen molar-refractivity contribution in [1.29, 1.82) is 0 Å². The number of carbonyl (C=O) groups is 1. The van der Waals surface area contributed by atoms with Gasteiger partial charge < -0.3 is 30.0 Å². The molecule has 0 aliphatic rings. The van der Waals surface area contributed by atoms with Gasteiger partial charge in [-0.05, 0) is 12.1 Å². The Morgan fingerprint density at radius 2 is 1.85 bits per heavy atom. The highest BCUT2D eigenvalue weighted by Crippen LogP contribution is 2.31. The number of halogens is 3. The second-order valence-corrected chi connectivity index (χ2v) is 6.11. The molecule has 2 rings (SSSR count). The van der Waals surface area contributed by atoms with E-state index in [4.69, 9.17) is 14.6 Å². The summed E-state index contributed by atoms with van der Waals surface area (Å²) in [7, 11) is 0. The zero-order valence-electron chi connectivity index (χ0n) is 14.0. The van der Waals surface area contributed by atoms with E-state index in [1.165, 1.54) is 29.5 Å². The van der Waals surface area contributed by atoms with Crippen LogP contribution >= 0.6 is 11.3 Å². The van der Waals surface area contributed by atoms with Gasteiger partial charge in [-0.25, -0.2) is 9.78 Å². The molecule has 0 spiro atoms. The van der Waals surface area contributed by atoms with Crippen molar-refractivity contribution >= 4 is 32.8 Å². The van der Waals surface area contributed by atoms with E-state index in [0.717, 1.165) is 0 Å². The summed E-state index contributed by atoms with van der Waals surface area (Å²) in [4.78, 5) is 14.5. The van der Waals surface area contributed by atoms with Crippen LogP contribution in [0, 0.1) is 0 Å². The van der Waals surface area contributed by atoms with Gasteiger partial charge in [0.1, 0.15) is 5.75 Å². The van der Waals surface area contributed by atoms with Gasteiger partial charge in [0.15, 0.2) is 5.13 Å². The van der Waals surface area contributed by atoms with E-state index >= 15 is 0 Å². The maximum absolute atomic E-state index is 12.2. The lowest BCUT2D eigenvalue weighted by molar-refractivity contribution is -0.274. The van der Waals surface area contributed by atoms with Gasteiger partial charge in [0.25, 0.3) is 0 Å². The van der Waals surface area contributed by atoms with Crippen molar-refractivity contribution in [2.75, 3.05) is 44.8 Å². The number of carboxylic acid groups (broad SMARTS) is 1. The predicted molar refractivity (Wildman–Crippen MR) is 92.5 cm³/mol. The minimum absolute atomic E-state index is 0.213. The number of thiazole rings is 1. The average Bonchev–Trinajstić information content (AvgIpc) is 2.96. The van der Waals surface area contributed by atoms with Crippen molar-refractivity contribution in [1.82, 2.24) is 10.3 Å². The van der Waals surface area contributed by atoms with Crippen LogP contribution in [0.5, 0.6) is 5.75 Å². The third-order valence-corrected chi connectivity index (χ3v) is 3.99. The van der Waals surface area contributed by atoms with Crippen LogP contribution in [0.15, 0.2) is 18.2 Å². The third kappa shape index (κ3) is 8.28. The van der Waals surface area contributed by atoms with Crippen LogP contribution in [0.1, 0.15) is 0 Å². The van der Waals surface area contributed by atoms with Crippen molar-refractivity contribution in [3.63, 3.8) is 0 Å². The molecule has 1 amide bonds. The van der Waals surface area contributed by atoms with Crippen LogP contribution in [0.4, 0.5) is 23.1 Å². The van der Waals surface area contributed by atoms with Gasteiger partial charge in [0.2, 0.25) is 0 Å². The fraction of sp³-hybridized carbons (Fsp3) is 0.467. The number of amides is 1. The Hall–Kier alpha value is -2.31. The van der Waals surface area contributed by atoms with Gasteiger partial charge in [-0.15, -0.1) is 13.2 Å². The van der Waals surface area contributed by atoms with Gasteiger partial charge in [-0.2, -0.15) is 0 Å². The smallest absolute Gasteiger partial charge is 0.465 e. The number of hydrogen-bond acceptors (Lipinski definition) is 7. The van der Waals surface area contributed by atoms with Crippen molar-refractivity contribution in [3.05, 3.63) is 18.2 Å². The summed E-state index contributed by atoms with van der Waals surface area (Å²) in [6, 6.07) is 3.97. The molecule has 27 heavy (non-hydrogen) atoms. The Balaban J connectivity index is 1.63. The van der Waals surface area contributed by atoms with Crippen LogP contribution in [0.2, 0.25) is 0 Å². The van der Waals surface area contributed by atoms with Crippen molar-refractivity contribution in [3.8, 4) is 5.75 Å². The van der Waals surface area contributed by atoms with E-state index in [-0.39, 0.29) is 18.9 Å². The fourth-order valence-corrected chi connectivity index (χ4v) is 2.88. The van der Waals surface area contributed by atoms with Gasteiger partial charge in [0, 0.05) is 19.2 Å². The minimum atomic E-state index is -4.73. The summed E-state index contributed by atoms with van der Waals surface area (Å²) >= 11 is 1.21. The van der Waals surface area contributed by atoms with Gasteiger partial charge >= 0.3 is 12.5 Å². The first-order valence-electron chi connectivity index (χ1n) is 7.86. The van der Waals surface area contributed by atoms with Crippen molar-refractivity contribution < 1.29 is 37.3 Å². The highest BCUT2D eigenvalue weighted by atomic mass is 32.1. The highest BCUT2D eigenvalue weighted by molar-refractivity contribution is 7.22. The summed E-state index contributed by atoms with van der Waals surface area (Å²) in [5.74, 6) is -0.285. The summed E-state index contributed by atoms with van der Waals surface area (Å²) in [5.41, 5.74) is 0.571. The van der Waals surface area contributed by atoms with Crippen molar-refractivity contribution in [2.45, 2.75) is 6.36 Å². The number of nitrogens with one attached hydrogen (secondary N) is 2. The SMILES string of the molecule is O=C(O)NCCOCCOCCNc1nc2ccc(OC(F)(F)F)cc2s1. The summed E-state index contributed by atoms with van der Waals surface area (Å²) < 4.78 is 51.7. The Bertz CT molecular complexity index is 741. The Morgan fingerprint density at radius 3 is 2.52 bits per heavy atom. The molecule has 8 nitrogen and oxygen atoms in total. The first kappa shape index (κ1) is 21.0. The molecular formula is C15H18F3N3O5S. The average molecular weight is 409 g/mol. The van der Waals surface area contributed by atoms with E-state index in [0.29, 0.717) is 41.7 Å². The van der Waals surface area contributed by atoms with E-state index in [9.17, 15) is 18.0 Å². The fourth-order valence-electron chi connectivity index (χ4n) is 1.96. The van der Waals surface area contributed by atoms with Crippen LogP contribution < -0.4 is 15.4 Å². The van der Waals surface area contributed by atoms with Crippen LogP contribution in [-0.2, 0) is 9.47 Å². The van der Waals surface area contributed by atoms with Crippen LogP contribution in [-0.4, -0.2) is 62.1 Å². The number of fused-ring (bicyclic) bond motifs is 1.